The summed E-state index contributed by atoms with van der Waals surface area (Å²) in [6.07, 6.45) is 5.79. The third kappa shape index (κ3) is 6.46. The molecule has 0 bridgehead atoms. The highest BCUT2D eigenvalue weighted by molar-refractivity contribution is 6.31. The van der Waals surface area contributed by atoms with Gasteiger partial charge in [0.1, 0.15) is 0 Å². The monoisotopic (exact) mass is 628 g/mol. The summed E-state index contributed by atoms with van der Waals surface area (Å²) in [6, 6.07) is 18.4. The second-order valence-corrected chi connectivity index (χ2v) is 11.4. The molecular formula is C34H30Cl2N4O4. The molecule has 8 nitrogen and oxygen atoms in total. The van der Waals surface area contributed by atoms with Crippen LogP contribution in [0.2, 0.25) is 10.0 Å². The minimum atomic E-state index is -0.171. The van der Waals surface area contributed by atoms with Crippen LogP contribution >= 0.6 is 23.2 Å². The lowest BCUT2D eigenvalue weighted by Crippen LogP contribution is -2.39. The second kappa shape index (κ2) is 13.3. The zero-order valence-electron chi connectivity index (χ0n) is 23.8. The summed E-state index contributed by atoms with van der Waals surface area (Å²) in [5, 5.41) is 1.24. The number of hydrogen-bond acceptors (Lipinski definition) is 4. The minimum Gasteiger partial charge on any atom is -0.334 e. The van der Waals surface area contributed by atoms with E-state index in [0.717, 1.165) is 22.3 Å². The molecule has 2 aliphatic heterocycles. The Labute approximate surface area is 264 Å². The van der Waals surface area contributed by atoms with Crippen LogP contribution in [0.3, 0.4) is 0 Å². The molecule has 0 saturated carbocycles. The van der Waals surface area contributed by atoms with Crippen LogP contribution in [-0.2, 0) is 22.7 Å². The van der Waals surface area contributed by atoms with Crippen LogP contribution in [0.5, 0.6) is 0 Å². The third-order valence-electron chi connectivity index (χ3n) is 7.91. The van der Waals surface area contributed by atoms with Gasteiger partial charge in [-0.1, -0.05) is 60.6 Å². The molecule has 0 unspecified atom stereocenters. The Morgan fingerprint density at radius 2 is 1.09 bits per heavy atom. The zero-order chi connectivity index (χ0) is 31.4. The van der Waals surface area contributed by atoms with Gasteiger partial charge in [0.05, 0.1) is 0 Å². The van der Waals surface area contributed by atoms with Crippen LogP contribution in [0.15, 0.2) is 108 Å². The van der Waals surface area contributed by atoms with E-state index in [4.69, 9.17) is 23.2 Å². The Hall–Kier alpha value is -4.66. The van der Waals surface area contributed by atoms with E-state index in [0.29, 0.717) is 47.4 Å². The number of aromatic nitrogens is 2. The fraction of sp³-hybridized carbons (Fsp3) is 0.176. The highest BCUT2D eigenvalue weighted by Crippen LogP contribution is 2.35. The minimum absolute atomic E-state index is 0.138. The lowest BCUT2D eigenvalue weighted by Gasteiger charge is -2.34. The van der Waals surface area contributed by atoms with Crippen LogP contribution in [0.25, 0.3) is 0 Å². The van der Waals surface area contributed by atoms with Gasteiger partial charge in [0.15, 0.2) is 0 Å². The van der Waals surface area contributed by atoms with Crippen molar-refractivity contribution in [2.24, 2.45) is 0 Å². The first-order valence-electron chi connectivity index (χ1n) is 13.9. The predicted octanol–water partition coefficient (Wildman–Crippen LogP) is 5.38. The summed E-state index contributed by atoms with van der Waals surface area (Å²) in [5.74, 6) is -0.643. The average molecular weight is 630 g/mol. The molecule has 2 aromatic carbocycles. The molecule has 6 rings (SSSR count). The summed E-state index contributed by atoms with van der Waals surface area (Å²) < 4.78 is 0. The molecule has 4 aromatic rings. The molecule has 224 valence electrons. The fourth-order valence-corrected chi connectivity index (χ4v) is 6.21. The fourth-order valence-electron chi connectivity index (χ4n) is 5.82. The molecule has 2 atom stereocenters. The molecule has 10 heteroatoms. The normalized spacial score (nSPS) is 17.0. The Balaban J connectivity index is 0.000000175. The molecule has 2 aliphatic rings. The number of amides is 2. The van der Waals surface area contributed by atoms with E-state index >= 15 is 0 Å². The summed E-state index contributed by atoms with van der Waals surface area (Å²) in [5.41, 5.74) is 5.01. The number of nitrogens with one attached hydrogen (secondary N) is 2. The number of nitrogens with zero attached hydrogens (tertiary/aromatic N) is 2. The number of halogens is 2. The number of H-pyrrole nitrogens is 2. The Morgan fingerprint density at radius 3 is 1.45 bits per heavy atom. The largest absolute Gasteiger partial charge is 0.334 e. The first-order chi connectivity index (χ1) is 21.2. The highest BCUT2D eigenvalue weighted by atomic mass is 35.5. The van der Waals surface area contributed by atoms with Crippen molar-refractivity contribution in [3.63, 3.8) is 0 Å². The quantitative estimate of drug-likeness (QED) is 0.296. The van der Waals surface area contributed by atoms with E-state index in [1.165, 1.54) is 12.2 Å². The molecule has 4 heterocycles. The van der Waals surface area contributed by atoms with Gasteiger partial charge in [0.2, 0.25) is 11.8 Å². The van der Waals surface area contributed by atoms with Gasteiger partial charge in [0.25, 0.3) is 11.1 Å². The number of carbonyl (C=O) groups excluding carboxylic acids is 2. The van der Waals surface area contributed by atoms with Gasteiger partial charge in [-0.3, -0.25) is 19.2 Å². The third-order valence-corrected chi connectivity index (χ3v) is 8.38. The molecule has 2 amide bonds. The van der Waals surface area contributed by atoms with Gasteiger partial charge >= 0.3 is 0 Å². The average Bonchev–Trinajstić information content (AvgIpc) is 3.03. The van der Waals surface area contributed by atoms with Crippen LogP contribution in [0.4, 0.5) is 0 Å². The number of carbonyl (C=O) groups is 2. The molecule has 0 saturated heterocycles. The van der Waals surface area contributed by atoms with Crippen molar-refractivity contribution in [3.05, 3.63) is 163 Å². The zero-order valence-corrected chi connectivity index (χ0v) is 25.3. The van der Waals surface area contributed by atoms with Crippen molar-refractivity contribution >= 4 is 35.0 Å². The maximum absolute atomic E-state index is 12.1. The second-order valence-electron chi connectivity index (χ2n) is 10.5. The molecule has 44 heavy (non-hydrogen) atoms. The van der Waals surface area contributed by atoms with E-state index in [1.54, 1.807) is 46.5 Å². The standard InChI is InChI=1S/2C17H15ClN2O2/c2*1-2-16(21)20-9-11-8-12(18)5-6-13(11)15(10-20)14-4-3-7-19-17(14)22/h2*2-8,15H,1,9-10H2,(H,19,22)/t2*15-/m10/s1. The molecular weight excluding hydrogens is 599 g/mol. The van der Waals surface area contributed by atoms with Crippen molar-refractivity contribution in [1.29, 1.82) is 0 Å². The first kappa shape index (κ1) is 30.8. The van der Waals surface area contributed by atoms with Gasteiger partial charge in [-0.2, -0.15) is 0 Å². The number of aromatic amines is 2. The smallest absolute Gasteiger partial charge is 0.251 e. The molecule has 0 radical (unpaired) electrons. The topological polar surface area (TPSA) is 106 Å². The van der Waals surface area contributed by atoms with Crippen LogP contribution < -0.4 is 11.1 Å². The van der Waals surface area contributed by atoms with Crippen LogP contribution in [0, 0.1) is 0 Å². The van der Waals surface area contributed by atoms with Crippen molar-refractivity contribution in [1.82, 2.24) is 19.8 Å². The van der Waals surface area contributed by atoms with E-state index in [9.17, 15) is 19.2 Å². The summed E-state index contributed by atoms with van der Waals surface area (Å²) in [7, 11) is 0. The van der Waals surface area contributed by atoms with Gasteiger partial charge < -0.3 is 19.8 Å². The molecule has 0 fully saturated rings. The van der Waals surface area contributed by atoms with Crippen molar-refractivity contribution in [2.75, 3.05) is 13.1 Å². The maximum atomic E-state index is 12.1. The maximum Gasteiger partial charge on any atom is 0.251 e. The number of hydrogen-bond donors (Lipinski definition) is 2. The van der Waals surface area contributed by atoms with Gasteiger partial charge in [-0.25, -0.2) is 0 Å². The molecule has 0 spiro atoms. The summed E-state index contributed by atoms with van der Waals surface area (Å²) in [4.78, 5) is 57.0. The van der Waals surface area contributed by atoms with Gasteiger partial charge in [-0.15, -0.1) is 0 Å². The number of rotatable bonds is 4. The van der Waals surface area contributed by atoms with Crippen molar-refractivity contribution in [3.8, 4) is 0 Å². The Morgan fingerprint density at radius 1 is 0.682 bits per heavy atom. The van der Waals surface area contributed by atoms with Crippen LogP contribution in [-0.4, -0.2) is 44.7 Å². The summed E-state index contributed by atoms with van der Waals surface area (Å²) in [6.45, 7) is 8.93. The number of pyridine rings is 2. The number of benzene rings is 2. The van der Waals surface area contributed by atoms with Crippen molar-refractivity contribution in [2.45, 2.75) is 24.9 Å². The molecule has 0 aliphatic carbocycles. The molecule has 2 N–H and O–H groups in total. The Bertz CT molecular complexity index is 1730. The van der Waals surface area contributed by atoms with E-state index in [1.807, 2.05) is 36.4 Å². The lowest BCUT2D eigenvalue weighted by atomic mass is 9.85. The first-order valence-corrected chi connectivity index (χ1v) is 14.7. The summed E-state index contributed by atoms with van der Waals surface area (Å²) >= 11 is 12.1. The van der Waals surface area contributed by atoms with Gasteiger partial charge in [0, 0.05) is 71.6 Å². The predicted molar refractivity (Wildman–Crippen MR) is 172 cm³/mol. The van der Waals surface area contributed by atoms with E-state index in [2.05, 4.69) is 23.1 Å². The van der Waals surface area contributed by atoms with E-state index < -0.39 is 0 Å². The lowest BCUT2D eigenvalue weighted by molar-refractivity contribution is -0.127. The highest BCUT2D eigenvalue weighted by Gasteiger charge is 2.31. The van der Waals surface area contributed by atoms with Crippen LogP contribution in [0.1, 0.15) is 45.2 Å². The van der Waals surface area contributed by atoms with Gasteiger partial charge in [-0.05, 0) is 70.8 Å². The SMILES string of the molecule is C=CC(=O)N1Cc2cc(Cl)ccc2[C@@H](c2ccc[nH]c2=O)C1.C=CC(=O)N1Cc2cc(Cl)ccc2[C@H](c2ccc[nH]c2=O)C1. The molecule has 2 aromatic heterocycles. The Kier molecular flexibility index (Phi) is 9.32. The van der Waals surface area contributed by atoms with Crippen molar-refractivity contribution < 1.29 is 9.59 Å². The number of fused-ring (bicyclic) bond motifs is 2. The van der Waals surface area contributed by atoms with E-state index in [-0.39, 0.29) is 34.8 Å².